The Morgan fingerprint density at radius 2 is 2.23 bits per heavy atom. The molecule has 0 amide bonds. The maximum atomic E-state index is 11.9. The summed E-state index contributed by atoms with van der Waals surface area (Å²) in [6, 6.07) is 0. The van der Waals surface area contributed by atoms with Crippen LogP contribution in [-0.4, -0.2) is 29.5 Å². The van der Waals surface area contributed by atoms with Crippen LogP contribution in [-0.2, 0) is 9.53 Å². The Bertz CT molecular complexity index is 199. The van der Waals surface area contributed by atoms with Crippen LogP contribution in [0.15, 0.2) is 0 Å². The van der Waals surface area contributed by atoms with Gasteiger partial charge in [-0.25, -0.2) is 0 Å². The summed E-state index contributed by atoms with van der Waals surface area (Å²) in [5.74, 6) is 2.83. The number of Topliss-reactive ketones (excluding diaryl/α,β-unsaturated/α-hetero) is 1. The van der Waals surface area contributed by atoms with E-state index in [9.17, 15) is 4.79 Å². The fourth-order valence-electron chi connectivity index (χ4n) is 2.03. The lowest BCUT2D eigenvalue weighted by Gasteiger charge is -2.13. The summed E-state index contributed by atoms with van der Waals surface area (Å²) in [6.07, 6.45) is 3.29. The molecule has 0 radical (unpaired) electrons. The van der Waals surface area contributed by atoms with Crippen LogP contribution in [0, 0.1) is 5.92 Å². The molecule has 0 aliphatic carbocycles. The predicted molar refractivity (Wildman–Crippen MR) is 54.0 cm³/mol. The fraction of sp³-hybridized carbons (Fsp3) is 0.900. The molecule has 0 aromatic rings. The van der Waals surface area contributed by atoms with E-state index in [1.807, 2.05) is 11.8 Å². The van der Waals surface area contributed by atoms with Crippen molar-refractivity contribution in [1.82, 2.24) is 0 Å². The largest absolute Gasteiger partial charge is 0.367 e. The third-order valence-corrected chi connectivity index (χ3v) is 4.04. The Balaban J connectivity index is 1.89. The second kappa shape index (κ2) is 4.01. The lowest BCUT2D eigenvalue weighted by Crippen LogP contribution is -2.28. The first-order valence-corrected chi connectivity index (χ1v) is 6.20. The van der Waals surface area contributed by atoms with Gasteiger partial charge < -0.3 is 4.74 Å². The van der Waals surface area contributed by atoms with Crippen LogP contribution in [0.25, 0.3) is 0 Å². The Hall–Kier alpha value is -0.0200. The Kier molecular flexibility index (Phi) is 2.94. The normalized spacial score (nSPS) is 39.6. The third-order valence-electron chi connectivity index (χ3n) is 2.88. The van der Waals surface area contributed by atoms with Crippen molar-refractivity contribution in [2.45, 2.75) is 38.4 Å². The summed E-state index contributed by atoms with van der Waals surface area (Å²) in [7, 11) is 0. The van der Waals surface area contributed by atoms with Crippen molar-refractivity contribution in [2.24, 2.45) is 5.92 Å². The van der Waals surface area contributed by atoms with Gasteiger partial charge in [-0.05, 0) is 31.9 Å². The van der Waals surface area contributed by atoms with E-state index in [1.54, 1.807) is 0 Å². The van der Waals surface area contributed by atoms with Gasteiger partial charge in [0.2, 0.25) is 0 Å². The predicted octanol–water partition coefficient (Wildman–Crippen LogP) is 1.88. The van der Waals surface area contributed by atoms with Crippen molar-refractivity contribution in [3.05, 3.63) is 0 Å². The average molecular weight is 200 g/mol. The molecule has 3 heteroatoms. The van der Waals surface area contributed by atoms with Crippen molar-refractivity contribution in [3.8, 4) is 0 Å². The standard InChI is InChI=1S/C10H16O2S/c1-7-2-3-9(12-7)10(11)8-4-5-13-6-8/h7-9H,2-6H2,1H3. The molecule has 3 atom stereocenters. The molecule has 2 aliphatic rings. The lowest BCUT2D eigenvalue weighted by atomic mass is 9.98. The highest BCUT2D eigenvalue weighted by Gasteiger charge is 2.34. The quantitative estimate of drug-likeness (QED) is 0.680. The zero-order chi connectivity index (χ0) is 9.26. The third kappa shape index (κ3) is 2.08. The number of carbonyl (C=O) groups is 1. The number of hydrogen-bond acceptors (Lipinski definition) is 3. The van der Waals surface area contributed by atoms with E-state index in [1.165, 1.54) is 0 Å². The van der Waals surface area contributed by atoms with Gasteiger partial charge in [0.25, 0.3) is 0 Å². The van der Waals surface area contributed by atoms with E-state index < -0.39 is 0 Å². The minimum absolute atomic E-state index is 0.0706. The molecule has 2 aliphatic heterocycles. The van der Waals surface area contributed by atoms with Crippen LogP contribution < -0.4 is 0 Å². The molecule has 2 nitrogen and oxygen atoms in total. The van der Waals surface area contributed by atoms with Crippen molar-refractivity contribution in [1.29, 1.82) is 0 Å². The van der Waals surface area contributed by atoms with Crippen LogP contribution in [0.3, 0.4) is 0 Å². The second-order valence-corrected chi connectivity index (χ2v) is 5.13. The maximum Gasteiger partial charge on any atom is 0.165 e. The highest BCUT2D eigenvalue weighted by atomic mass is 32.2. The molecular weight excluding hydrogens is 184 g/mol. The van der Waals surface area contributed by atoms with Crippen LogP contribution in [0.5, 0.6) is 0 Å². The Morgan fingerprint density at radius 3 is 2.77 bits per heavy atom. The summed E-state index contributed by atoms with van der Waals surface area (Å²) < 4.78 is 5.58. The van der Waals surface area contributed by atoms with E-state index >= 15 is 0 Å². The average Bonchev–Trinajstić information content (AvgIpc) is 2.72. The van der Waals surface area contributed by atoms with E-state index in [0.717, 1.165) is 30.8 Å². The molecule has 13 heavy (non-hydrogen) atoms. The first-order valence-electron chi connectivity index (χ1n) is 5.04. The number of thioether (sulfide) groups is 1. The van der Waals surface area contributed by atoms with Crippen molar-refractivity contribution >= 4 is 17.5 Å². The van der Waals surface area contributed by atoms with Crippen LogP contribution in [0.2, 0.25) is 0 Å². The lowest BCUT2D eigenvalue weighted by molar-refractivity contribution is -0.132. The zero-order valence-electron chi connectivity index (χ0n) is 7.99. The van der Waals surface area contributed by atoms with Crippen molar-refractivity contribution in [3.63, 3.8) is 0 Å². The van der Waals surface area contributed by atoms with E-state index in [0.29, 0.717) is 17.8 Å². The van der Waals surface area contributed by atoms with Gasteiger partial charge in [-0.3, -0.25) is 4.79 Å². The molecule has 0 N–H and O–H groups in total. The maximum absolute atomic E-state index is 11.9. The smallest absolute Gasteiger partial charge is 0.165 e. The molecule has 2 saturated heterocycles. The second-order valence-electron chi connectivity index (χ2n) is 3.98. The Morgan fingerprint density at radius 1 is 1.38 bits per heavy atom. The minimum atomic E-state index is -0.0706. The van der Waals surface area contributed by atoms with Gasteiger partial charge in [0.1, 0.15) is 6.10 Å². The number of carbonyl (C=O) groups excluding carboxylic acids is 1. The molecule has 2 rings (SSSR count). The van der Waals surface area contributed by atoms with Gasteiger partial charge in [0.15, 0.2) is 5.78 Å². The van der Waals surface area contributed by atoms with Crippen LogP contribution in [0.1, 0.15) is 26.2 Å². The van der Waals surface area contributed by atoms with Crippen molar-refractivity contribution in [2.75, 3.05) is 11.5 Å². The molecule has 0 aromatic heterocycles. The van der Waals surface area contributed by atoms with Gasteiger partial charge in [0, 0.05) is 11.7 Å². The van der Waals surface area contributed by atoms with Gasteiger partial charge in [-0.2, -0.15) is 11.8 Å². The highest BCUT2D eigenvalue weighted by molar-refractivity contribution is 7.99. The highest BCUT2D eigenvalue weighted by Crippen LogP contribution is 2.29. The molecule has 2 fully saturated rings. The SMILES string of the molecule is CC1CCC(C(=O)C2CCSC2)O1. The molecule has 0 spiro atoms. The first kappa shape index (κ1) is 9.53. The number of ketones is 1. The molecular formula is C10H16O2S. The van der Waals surface area contributed by atoms with Gasteiger partial charge in [0.05, 0.1) is 6.10 Å². The zero-order valence-corrected chi connectivity index (χ0v) is 8.81. The molecule has 3 unspecified atom stereocenters. The number of rotatable bonds is 2. The van der Waals surface area contributed by atoms with E-state index in [2.05, 4.69) is 6.92 Å². The topological polar surface area (TPSA) is 26.3 Å². The van der Waals surface area contributed by atoms with E-state index in [4.69, 9.17) is 4.74 Å². The summed E-state index contributed by atoms with van der Waals surface area (Å²) >= 11 is 1.89. The summed E-state index contributed by atoms with van der Waals surface area (Å²) in [5, 5.41) is 0. The first-order chi connectivity index (χ1) is 6.27. The monoisotopic (exact) mass is 200 g/mol. The van der Waals surface area contributed by atoms with E-state index in [-0.39, 0.29) is 6.10 Å². The fourth-order valence-corrected chi connectivity index (χ4v) is 3.27. The summed E-state index contributed by atoms with van der Waals surface area (Å²) in [5.41, 5.74) is 0. The number of ether oxygens (including phenoxy) is 1. The van der Waals surface area contributed by atoms with Crippen molar-refractivity contribution < 1.29 is 9.53 Å². The molecule has 74 valence electrons. The number of hydrogen-bond donors (Lipinski definition) is 0. The molecule has 0 aromatic carbocycles. The Labute approximate surface area is 83.4 Å². The van der Waals surface area contributed by atoms with Gasteiger partial charge >= 0.3 is 0 Å². The van der Waals surface area contributed by atoms with Crippen LogP contribution in [0.4, 0.5) is 0 Å². The summed E-state index contributed by atoms with van der Waals surface area (Å²) in [4.78, 5) is 11.9. The molecule has 0 saturated carbocycles. The molecule has 0 bridgehead atoms. The van der Waals surface area contributed by atoms with Gasteiger partial charge in [-0.1, -0.05) is 0 Å². The minimum Gasteiger partial charge on any atom is -0.367 e. The molecule has 2 heterocycles. The summed E-state index contributed by atoms with van der Waals surface area (Å²) in [6.45, 7) is 2.05. The van der Waals surface area contributed by atoms with Gasteiger partial charge in [-0.15, -0.1) is 0 Å². The van der Waals surface area contributed by atoms with Crippen LogP contribution >= 0.6 is 11.8 Å².